The van der Waals surface area contributed by atoms with Gasteiger partial charge in [-0.05, 0) is 62.4 Å². The molecule has 3 N–H and O–H groups in total. The van der Waals surface area contributed by atoms with E-state index >= 15 is 0 Å². The lowest BCUT2D eigenvalue weighted by Crippen LogP contribution is -2.37. The van der Waals surface area contributed by atoms with E-state index in [0.717, 1.165) is 50.0 Å². The van der Waals surface area contributed by atoms with Crippen molar-refractivity contribution in [1.29, 1.82) is 0 Å². The Hall–Kier alpha value is -2.24. The Bertz CT molecular complexity index is 901. The molecule has 0 saturated carbocycles. The largest absolute Gasteiger partial charge is 0.331 e. The number of aryl methyl sites for hydroxylation is 2. The Labute approximate surface area is 161 Å². The highest BCUT2D eigenvalue weighted by Crippen LogP contribution is 2.29. The Morgan fingerprint density at radius 3 is 3.00 bits per heavy atom. The van der Waals surface area contributed by atoms with Crippen molar-refractivity contribution in [2.75, 3.05) is 6.54 Å². The first kappa shape index (κ1) is 18.1. The number of fused-ring (bicyclic) bond motifs is 2. The van der Waals surface area contributed by atoms with Crippen LogP contribution in [0.2, 0.25) is 0 Å². The second kappa shape index (κ2) is 8.19. The van der Waals surface area contributed by atoms with Crippen molar-refractivity contribution in [3.8, 4) is 0 Å². The van der Waals surface area contributed by atoms with Gasteiger partial charge in [0.2, 0.25) is 0 Å². The highest BCUT2D eigenvalue weighted by molar-refractivity contribution is 5.75. The number of para-hydroxylation sites is 2. The number of aromatic nitrogens is 3. The summed E-state index contributed by atoms with van der Waals surface area (Å²) in [6.45, 7) is 0.722. The molecule has 1 aromatic carbocycles. The molecule has 0 fully saturated rings. The molecule has 27 heavy (non-hydrogen) atoms. The van der Waals surface area contributed by atoms with Gasteiger partial charge in [-0.3, -0.25) is 4.98 Å². The van der Waals surface area contributed by atoms with Gasteiger partial charge in [0.15, 0.2) is 0 Å². The zero-order valence-electron chi connectivity index (χ0n) is 16.1. The monoisotopic (exact) mass is 363 g/mol. The zero-order valence-corrected chi connectivity index (χ0v) is 16.1. The number of pyridine rings is 1. The Morgan fingerprint density at radius 1 is 1.26 bits per heavy atom. The molecule has 0 bridgehead atoms. The summed E-state index contributed by atoms with van der Waals surface area (Å²) in [7, 11) is 2.11. The molecule has 0 aliphatic heterocycles. The van der Waals surface area contributed by atoms with Crippen LogP contribution in [0.5, 0.6) is 0 Å². The molecular weight excluding hydrogens is 334 g/mol. The molecule has 1 unspecified atom stereocenters. The van der Waals surface area contributed by atoms with Crippen molar-refractivity contribution in [2.45, 2.75) is 50.6 Å². The van der Waals surface area contributed by atoms with Crippen LogP contribution in [0, 0.1) is 0 Å². The van der Waals surface area contributed by atoms with E-state index in [9.17, 15) is 0 Å². The van der Waals surface area contributed by atoms with Crippen LogP contribution in [-0.4, -0.2) is 27.1 Å². The second-order valence-corrected chi connectivity index (χ2v) is 7.57. The van der Waals surface area contributed by atoms with Gasteiger partial charge < -0.3 is 15.6 Å². The maximum atomic E-state index is 5.81. The van der Waals surface area contributed by atoms with Crippen molar-refractivity contribution in [3.63, 3.8) is 0 Å². The minimum atomic E-state index is 0.326. The second-order valence-electron chi connectivity index (χ2n) is 7.57. The van der Waals surface area contributed by atoms with Crippen molar-refractivity contribution in [1.82, 2.24) is 19.9 Å². The fraction of sp³-hybridized carbons (Fsp3) is 0.455. The van der Waals surface area contributed by atoms with Crippen LogP contribution in [0.15, 0.2) is 42.6 Å². The van der Waals surface area contributed by atoms with Crippen molar-refractivity contribution in [3.05, 3.63) is 59.7 Å². The normalized spacial score (nSPS) is 17.8. The number of nitrogens with one attached hydrogen (secondary N) is 1. The number of benzene rings is 1. The summed E-state index contributed by atoms with van der Waals surface area (Å²) < 4.78 is 2.22. The highest BCUT2D eigenvalue weighted by Gasteiger charge is 2.24. The molecule has 1 aliphatic carbocycles. The molecule has 2 aromatic heterocycles. The third-order valence-electron chi connectivity index (χ3n) is 5.70. The molecule has 0 spiro atoms. The zero-order chi connectivity index (χ0) is 18.6. The van der Waals surface area contributed by atoms with E-state index < -0.39 is 0 Å². The van der Waals surface area contributed by atoms with E-state index in [1.165, 1.54) is 23.2 Å². The topological polar surface area (TPSA) is 68.8 Å². The van der Waals surface area contributed by atoms with Crippen LogP contribution >= 0.6 is 0 Å². The molecule has 0 amide bonds. The van der Waals surface area contributed by atoms with Crippen molar-refractivity contribution in [2.24, 2.45) is 12.8 Å². The average Bonchev–Trinajstić information content (AvgIpc) is 3.02. The lowest BCUT2D eigenvalue weighted by atomic mass is 9.91. The number of imidazole rings is 1. The SMILES string of the molecule is Cn1c(CC(CCCN)N[C@H]2CCCc3cccnc32)nc2ccccc21. The molecule has 1 aliphatic rings. The third kappa shape index (κ3) is 3.89. The molecular formula is C22H29N5. The van der Waals surface area contributed by atoms with Gasteiger partial charge in [0.25, 0.3) is 0 Å². The summed E-state index contributed by atoms with van der Waals surface area (Å²) in [5.74, 6) is 1.13. The van der Waals surface area contributed by atoms with Crippen LogP contribution in [0.3, 0.4) is 0 Å². The number of nitrogens with two attached hydrogens (primary N) is 1. The number of nitrogens with zero attached hydrogens (tertiary/aromatic N) is 3. The minimum Gasteiger partial charge on any atom is -0.331 e. The van der Waals surface area contributed by atoms with Gasteiger partial charge in [-0.15, -0.1) is 0 Å². The predicted octanol–water partition coefficient (Wildman–Crippen LogP) is 3.29. The molecule has 5 nitrogen and oxygen atoms in total. The van der Waals surface area contributed by atoms with Crippen LogP contribution in [0.1, 0.15) is 48.8 Å². The van der Waals surface area contributed by atoms with Gasteiger partial charge in [0.1, 0.15) is 5.82 Å². The van der Waals surface area contributed by atoms with E-state index in [1.54, 1.807) is 0 Å². The number of hydrogen-bond donors (Lipinski definition) is 2. The third-order valence-corrected chi connectivity index (χ3v) is 5.70. The Balaban J connectivity index is 1.55. The minimum absolute atomic E-state index is 0.326. The smallest absolute Gasteiger partial charge is 0.111 e. The Morgan fingerprint density at radius 2 is 2.15 bits per heavy atom. The van der Waals surface area contributed by atoms with E-state index in [-0.39, 0.29) is 0 Å². The first-order chi connectivity index (χ1) is 13.3. The van der Waals surface area contributed by atoms with Crippen LogP contribution < -0.4 is 11.1 Å². The first-order valence-corrected chi connectivity index (χ1v) is 10.1. The van der Waals surface area contributed by atoms with Crippen LogP contribution in [-0.2, 0) is 19.9 Å². The fourth-order valence-corrected chi connectivity index (χ4v) is 4.26. The van der Waals surface area contributed by atoms with Gasteiger partial charge in [-0.1, -0.05) is 18.2 Å². The highest BCUT2D eigenvalue weighted by atomic mass is 15.1. The van der Waals surface area contributed by atoms with Gasteiger partial charge in [-0.2, -0.15) is 0 Å². The maximum absolute atomic E-state index is 5.81. The molecule has 0 radical (unpaired) electrons. The number of rotatable bonds is 7. The van der Waals surface area contributed by atoms with E-state index in [2.05, 4.69) is 46.2 Å². The van der Waals surface area contributed by atoms with Crippen LogP contribution in [0.4, 0.5) is 0 Å². The lowest BCUT2D eigenvalue weighted by molar-refractivity contribution is 0.362. The Kier molecular flexibility index (Phi) is 5.50. The molecule has 2 atom stereocenters. The van der Waals surface area contributed by atoms with Gasteiger partial charge in [-0.25, -0.2) is 4.98 Å². The summed E-state index contributed by atoms with van der Waals surface area (Å²) >= 11 is 0. The summed E-state index contributed by atoms with van der Waals surface area (Å²) in [4.78, 5) is 9.56. The number of hydrogen-bond acceptors (Lipinski definition) is 4. The summed E-state index contributed by atoms with van der Waals surface area (Å²) in [6, 6.07) is 13.3. The van der Waals surface area contributed by atoms with Gasteiger partial charge in [0.05, 0.1) is 16.7 Å². The van der Waals surface area contributed by atoms with Crippen molar-refractivity contribution < 1.29 is 0 Å². The molecule has 3 aromatic rings. The predicted molar refractivity (Wildman–Crippen MR) is 110 cm³/mol. The fourth-order valence-electron chi connectivity index (χ4n) is 4.26. The summed E-state index contributed by atoms with van der Waals surface area (Å²) in [5, 5.41) is 3.90. The molecule has 142 valence electrons. The molecule has 5 heteroatoms. The van der Waals surface area contributed by atoms with E-state index in [4.69, 9.17) is 10.7 Å². The van der Waals surface area contributed by atoms with Gasteiger partial charge in [0, 0.05) is 31.7 Å². The molecule has 0 saturated heterocycles. The maximum Gasteiger partial charge on any atom is 0.111 e. The summed E-state index contributed by atoms with van der Waals surface area (Å²) in [6.07, 6.45) is 8.39. The van der Waals surface area contributed by atoms with Crippen LogP contribution in [0.25, 0.3) is 11.0 Å². The lowest BCUT2D eigenvalue weighted by Gasteiger charge is -2.29. The quantitative estimate of drug-likeness (QED) is 0.676. The standard InChI is InChI=1S/C22H29N5/c1-27-20-12-3-2-10-18(20)26-21(27)15-17(9-5-13-23)25-19-11-4-7-16-8-6-14-24-22(16)19/h2-3,6,8,10,12,14,17,19,25H,4-5,7,9,11,13,15,23H2,1H3/t17?,19-/m0/s1. The summed E-state index contributed by atoms with van der Waals surface area (Å²) in [5.41, 5.74) is 10.7. The average molecular weight is 364 g/mol. The van der Waals surface area contributed by atoms with E-state index in [0.29, 0.717) is 12.1 Å². The van der Waals surface area contributed by atoms with Crippen molar-refractivity contribution >= 4 is 11.0 Å². The van der Waals surface area contributed by atoms with Gasteiger partial charge >= 0.3 is 0 Å². The first-order valence-electron chi connectivity index (χ1n) is 10.1. The molecule has 4 rings (SSSR count). The molecule has 2 heterocycles. The van der Waals surface area contributed by atoms with E-state index in [1.807, 2.05) is 18.3 Å².